The maximum Gasteiger partial charge on any atom is 0.325 e. The number of amides is 3. The van der Waals surface area contributed by atoms with E-state index in [2.05, 4.69) is 16.0 Å². The molecule has 2 aromatic carbocycles. The van der Waals surface area contributed by atoms with Crippen molar-refractivity contribution in [1.82, 2.24) is 10.6 Å². The van der Waals surface area contributed by atoms with E-state index in [-0.39, 0.29) is 18.5 Å². The molecule has 0 heterocycles. The Labute approximate surface area is 186 Å². The van der Waals surface area contributed by atoms with E-state index >= 15 is 0 Å². The van der Waals surface area contributed by atoms with Gasteiger partial charge < -0.3 is 20.7 Å². The minimum absolute atomic E-state index is 0.155. The van der Waals surface area contributed by atoms with Gasteiger partial charge in [-0.2, -0.15) is 0 Å². The molecule has 0 aliphatic heterocycles. The van der Waals surface area contributed by atoms with Crippen molar-refractivity contribution in [1.29, 1.82) is 0 Å². The van der Waals surface area contributed by atoms with Crippen LogP contribution in [0.3, 0.4) is 0 Å². The summed E-state index contributed by atoms with van der Waals surface area (Å²) >= 11 is 0. The average molecular weight is 437 g/mol. The van der Waals surface area contributed by atoms with Crippen molar-refractivity contribution in [2.45, 2.75) is 38.6 Å². The van der Waals surface area contributed by atoms with E-state index in [4.69, 9.17) is 4.74 Å². The molecule has 32 heavy (non-hydrogen) atoms. The Morgan fingerprint density at radius 2 is 1.62 bits per heavy atom. The fraction of sp³-hybridized carbons (Fsp3) is 0.333. The van der Waals surface area contributed by atoms with Crippen molar-refractivity contribution in [2.24, 2.45) is 0 Å². The first kappa shape index (κ1) is 23.0. The fourth-order valence-corrected chi connectivity index (χ4v) is 3.47. The van der Waals surface area contributed by atoms with E-state index < -0.39 is 24.4 Å². The van der Waals surface area contributed by atoms with Gasteiger partial charge in [0.1, 0.15) is 6.54 Å². The second kappa shape index (κ2) is 11.1. The average Bonchev–Trinajstić information content (AvgIpc) is 3.30. The van der Waals surface area contributed by atoms with Crippen molar-refractivity contribution >= 4 is 29.4 Å². The van der Waals surface area contributed by atoms with Crippen LogP contribution in [-0.2, 0) is 14.3 Å². The zero-order valence-corrected chi connectivity index (χ0v) is 18.0. The first-order valence-corrected chi connectivity index (χ1v) is 10.6. The molecule has 8 nitrogen and oxygen atoms in total. The Morgan fingerprint density at radius 3 is 2.34 bits per heavy atom. The number of nitrogens with one attached hydrogen (secondary N) is 3. The van der Waals surface area contributed by atoms with Gasteiger partial charge in [-0.1, -0.05) is 42.7 Å². The normalized spacial score (nSPS) is 13.3. The molecule has 0 bridgehead atoms. The van der Waals surface area contributed by atoms with Crippen LogP contribution in [0.4, 0.5) is 5.69 Å². The lowest BCUT2D eigenvalue weighted by Gasteiger charge is -2.15. The Morgan fingerprint density at radius 1 is 0.938 bits per heavy atom. The van der Waals surface area contributed by atoms with Crippen molar-refractivity contribution in [3.8, 4) is 0 Å². The molecule has 0 spiro atoms. The lowest BCUT2D eigenvalue weighted by molar-refractivity contribution is -0.146. The third-order valence-corrected chi connectivity index (χ3v) is 5.21. The second-order valence-corrected chi connectivity index (χ2v) is 7.76. The van der Waals surface area contributed by atoms with Crippen LogP contribution in [0.5, 0.6) is 0 Å². The molecule has 0 aromatic heterocycles. The monoisotopic (exact) mass is 437 g/mol. The van der Waals surface area contributed by atoms with E-state index in [1.165, 1.54) is 0 Å². The summed E-state index contributed by atoms with van der Waals surface area (Å²) in [7, 11) is 0. The van der Waals surface area contributed by atoms with Crippen LogP contribution < -0.4 is 16.0 Å². The molecule has 0 saturated heterocycles. The van der Waals surface area contributed by atoms with Crippen LogP contribution in [0, 0.1) is 6.92 Å². The number of carbonyl (C=O) groups excluding carboxylic acids is 4. The highest BCUT2D eigenvalue weighted by Crippen LogP contribution is 2.20. The SMILES string of the molecule is Cc1ccc(C(=O)NCC(=O)OCC(=O)Nc2ccccc2C(=O)NC2CCCC2)cc1. The van der Waals surface area contributed by atoms with Crippen LogP contribution >= 0.6 is 0 Å². The van der Waals surface area contributed by atoms with Crippen LogP contribution in [0.2, 0.25) is 0 Å². The number of hydrogen-bond donors (Lipinski definition) is 3. The zero-order valence-electron chi connectivity index (χ0n) is 18.0. The largest absolute Gasteiger partial charge is 0.454 e. The van der Waals surface area contributed by atoms with Crippen molar-refractivity contribution in [3.63, 3.8) is 0 Å². The topological polar surface area (TPSA) is 114 Å². The first-order chi connectivity index (χ1) is 15.4. The summed E-state index contributed by atoms with van der Waals surface area (Å²) in [6.07, 6.45) is 4.10. The van der Waals surface area contributed by atoms with E-state index in [0.717, 1.165) is 31.2 Å². The van der Waals surface area contributed by atoms with Gasteiger partial charge in [0, 0.05) is 11.6 Å². The van der Waals surface area contributed by atoms with Gasteiger partial charge in [-0.3, -0.25) is 19.2 Å². The van der Waals surface area contributed by atoms with E-state index in [1.807, 2.05) is 6.92 Å². The highest BCUT2D eigenvalue weighted by molar-refractivity contribution is 6.04. The molecular weight excluding hydrogens is 410 g/mol. The summed E-state index contributed by atoms with van der Waals surface area (Å²) in [6, 6.07) is 13.7. The van der Waals surface area contributed by atoms with Crippen molar-refractivity contribution in [3.05, 3.63) is 65.2 Å². The molecule has 1 aliphatic carbocycles. The number of esters is 1. The molecule has 2 aromatic rings. The molecule has 0 radical (unpaired) electrons. The van der Waals surface area contributed by atoms with Gasteiger partial charge in [0.05, 0.1) is 11.3 Å². The Hall–Kier alpha value is -3.68. The van der Waals surface area contributed by atoms with Gasteiger partial charge in [0.2, 0.25) is 0 Å². The molecule has 3 N–H and O–H groups in total. The van der Waals surface area contributed by atoms with Crippen molar-refractivity contribution in [2.75, 3.05) is 18.5 Å². The molecule has 3 rings (SSSR count). The van der Waals surface area contributed by atoms with Gasteiger partial charge in [-0.25, -0.2) is 0 Å². The third-order valence-electron chi connectivity index (χ3n) is 5.21. The van der Waals surface area contributed by atoms with Gasteiger partial charge in [0.25, 0.3) is 17.7 Å². The fourth-order valence-electron chi connectivity index (χ4n) is 3.47. The molecule has 0 atom stereocenters. The van der Waals surface area contributed by atoms with Crippen LogP contribution in [0.15, 0.2) is 48.5 Å². The minimum atomic E-state index is -0.743. The molecule has 3 amide bonds. The standard InChI is InChI=1S/C24H27N3O5/c1-16-10-12-17(13-11-16)23(30)25-14-22(29)32-15-21(28)27-20-9-5-4-8-19(20)24(31)26-18-6-2-3-7-18/h4-5,8-13,18H,2-3,6-7,14-15H2,1H3,(H,25,30)(H,26,31)(H,27,28). The van der Waals surface area contributed by atoms with Gasteiger partial charge >= 0.3 is 5.97 Å². The van der Waals surface area contributed by atoms with Gasteiger partial charge in [-0.05, 0) is 44.0 Å². The van der Waals surface area contributed by atoms with Crippen LogP contribution in [0.25, 0.3) is 0 Å². The number of benzene rings is 2. The number of hydrogen-bond acceptors (Lipinski definition) is 5. The predicted octanol–water partition coefficient (Wildman–Crippen LogP) is 2.58. The van der Waals surface area contributed by atoms with E-state index in [1.54, 1.807) is 48.5 Å². The molecule has 1 aliphatic rings. The van der Waals surface area contributed by atoms with Crippen LogP contribution in [0.1, 0.15) is 52.0 Å². The molecule has 0 unspecified atom stereocenters. The number of para-hydroxylation sites is 1. The summed E-state index contributed by atoms with van der Waals surface area (Å²) in [5.74, 6) is -1.98. The lowest BCUT2D eigenvalue weighted by atomic mass is 10.1. The van der Waals surface area contributed by atoms with Crippen molar-refractivity contribution < 1.29 is 23.9 Å². The minimum Gasteiger partial charge on any atom is -0.454 e. The number of aryl methyl sites for hydroxylation is 1. The first-order valence-electron chi connectivity index (χ1n) is 10.6. The highest BCUT2D eigenvalue weighted by Gasteiger charge is 2.20. The van der Waals surface area contributed by atoms with Gasteiger partial charge in [-0.15, -0.1) is 0 Å². The molecule has 1 fully saturated rings. The summed E-state index contributed by atoms with van der Waals surface area (Å²) in [5.41, 5.74) is 2.14. The van der Waals surface area contributed by atoms with Crippen LogP contribution in [-0.4, -0.2) is 42.9 Å². The van der Waals surface area contributed by atoms with Gasteiger partial charge in [0.15, 0.2) is 6.61 Å². The molecule has 1 saturated carbocycles. The quantitative estimate of drug-likeness (QED) is 0.550. The zero-order chi connectivity index (χ0) is 22.9. The lowest BCUT2D eigenvalue weighted by Crippen LogP contribution is -2.34. The van der Waals surface area contributed by atoms with E-state index in [9.17, 15) is 19.2 Å². The predicted molar refractivity (Wildman–Crippen MR) is 119 cm³/mol. The third kappa shape index (κ3) is 6.66. The molecular formula is C24H27N3O5. The summed E-state index contributed by atoms with van der Waals surface area (Å²) in [4.78, 5) is 48.7. The summed E-state index contributed by atoms with van der Waals surface area (Å²) in [5, 5.41) is 8.04. The number of anilines is 1. The highest BCUT2D eigenvalue weighted by atomic mass is 16.5. The Balaban J connectivity index is 1.45. The maximum atomic E-state index is 12.6. The number of ether oxygens (including phenoxy) is 1. The van der Waals surface area contributed by atoms with E-state index in [0.29, 0.717) is 16.8 Å². The second-order valence-electron chi connectivity index (χ2n) is 7.76. The number of carbonyl (C=O) groups is 4. The maximum absolute atomic E-state index is 12.6. The Bertz CT molecular complexity index is 981. The molecule has 168 valence electrons. The smallest absolute Gasteiger partial charge is 0.325 e. The summed E-state index contributed by atoms with van der Waals surface area (Å²) in [6.45, 7) is 1.02. The molecule has 8 heteroatoms. The number of rotatable bonds is 8. The Kier molecular flexibility index (Phi) is 7.96. The summed E-state index contributed by atoms with van der Waals surface area (Å²) < 4.78 is 4.92.